The van der Waals surface area contributed by atoms with Crippen LogP contribution in [0, 0.1) is 10.8 Å². The van der Waals surface area contributed by atoms with Gasteiger partial charge in [-0.05, 0) is 49.1 Å². The molecule has 3 aliphatic rings. The Morgan fingerprint density at radius 2 is 1.86 bits per heavy atom. The normalized spacial score (nSPS) is 23.4. The number of alkyl halides is 2. The van der Waals surface area contributed by atoms with Crippen molar-refractivity contribution in [2.75, 3.05) is 13.2 Å². The smallest absolute Gasteiger partial charge is 0.299 e. The maximum absolute atomic E-state index is 14.9. The number of nitrogens with zero attached hydrogens (tertiary/aromatic N) is 1. The number of nitrogen functional groups attached to an aromatic ring is 1. The molecule has 2 fully saturated rings. The van der Waals surface area contributed by atoms with Crippen molar-refractivity contribution in [1.29, 1.82) is 5.41 Å². The molecule has 2 aromatic carbocycles. The highest BCUT2D eigenvalue weighted by Gasteiger charge is 2.66. The lowest BCUT2D eigenvalue weighted by Crippen LogP contribution is -2.51. The van der Waals surface area contributed by atoms with Crippen LogP contribution < -0.4 is 16.4 Å². The van der Waals surface area contributed by atoms with Gasteiger partial charge in [-0.25, -0.2) is 0 Å². The van der Waals surface area contributed by atoms with E-state index in [-0.39, 0.29) is 46.6 Å². The highest BCUT2D eigenvalue weighted by molar-refractivity contribution is 7.10. The number of carbonyl (C=O) groups is 3. The zero-order valence-electron chi connectivity index (χ0n) is 22.6. The van der Waals surface area contributed by atoms with E-state index in [1.807, 2.05) is 0 Å². The summed E-state index contributed by atoms with van der Waals surface area (Å²) in [6.45, 7) is 1.23. The Balaban J connectivity index is 1.14. The topological polar surface area (TPSA) is 149 Å². The largest absolute Gasteiger partial charge is 0.396 e. The number of fused-ring (bicyclic) bond motifs is 4. The average Bonchev–Trinajstić information content (AvgIpc) is 3.27. The van der Waals surface area contributed by atoms with Gasteiger partial charge in [-0.1, -0.05) is 30.3 Å². The molecule has 218 valence electrons. The summed E-state index contributed by atoms with van der Waals surface area (Å²) in [7, 11) is 0. The number of aliphatic hydroxyl groups excluding tert-OH is 1. The third kappa shape index (κ3) is 4.45. The molecule has 0 bridgehead atoms. The van der Waals surface area contributed by atoms with Crippen molar-refractivity contribution < 1.29 is 28.3 Å². The third-order valence-electron chi connectivity index (χ3n) is 8.62. The Kier molecular flexibility index (Phi) is 6.65. The number of amides is 3. The molecule has 6 rings (SSSR count). The Morgan fingerprint density at radius 3 is 2.57 bits per heavy atom. The molecule has 1 aliphatic heterocycles. The summed E-state index contributed by atoms with van der Waals surface area (Å²) >= 11 is 1.36. The van der Waals surface area contributed by atoms with E-state index >= 15 is 0 Å². The summed E-state index contributed by atoms with van der Waals surface area (Å²) in [4.78, 5) is 42.0. The summed E-state index contributed by atoms with van der Waals surface area (Å²) in [5.74, 6) is -4.68. The molecular formula is C30H29F2N5O4S. The molecule has 9 nitrogen and oxygen atoms in total. The number of nitrogens with two attached hydrogens (primary N) is 1. The minimum atomic E-state index is -3.16. The predicted molar refractivity (Wildman–Crippen MR) is 152 cm³/mol. The zero-order valence-corrected chi connectivity index (χ0v) is 23.4. The number of amidine groups is 1. The van der Waals surface area contributed by atoms with Gasteiger partial charge in [0.25, 0.3) is 11.8 Å². The summed E-state index contributed by atoms with van der Waals surface area (Å²) in [5.41, 5.74) is 6.03. The molecule has 3 amide bonds. The lowest BCUT2D eigenvalue weighted by atomic mass is 10.00. The molecular weight excluding hydrogens is 564 g/mol. The van der Waals surface area contributed by atoms with E-state index in [1.165, 1.54) is 40.5 Å². The van der Waals surface area contributed by atoms with E-state index in [4.69, 9.17) is 11.1 Å². The van der Waals surface area contributed by atoms with E-state index < -0.39 is 41.8 Å². The number of thiophene rings is 1. The molecule has 12 heteroatoms. The maximum Gasteiger partial charge on any atom is 0.299 e. The van der Waals surface area contributed by atoms with Crippen molar-refractivity contribution in [2.24, 2.45) is 11.1 Å². The number of nitrogens with one attached hydrogen (secondary N) is 3. The van der Waals surface area contributed by atoms with Crippen LogP contribution >= 0.6 is 11.3 Å². The monoisotopic (exact) mass is 593 g/mol. The van der Waals surface area contributed by atoms with E-state index in [2.05, 4.69) is 10.6 Å². The van der Waals surface area contributed by atoms with Gasteiger partial charge in [0.2, 0.25) is 11.8 Å². The van der Waals surface area contributed by atoms with Gasteiger partial charge < -0.3 is 26.4 Å². The minimum Gasteiger partial charge on any atom is -0.396 e. The molecule has 6 N–H and O–H groups in total. The average molecular weight is 594 g/mol. The highest BCUT2D eigenvalue weighted by atomic mass is 32.1. The van der Waals surface area contributed by atoms with Crippen LogP contribution in [0.25, 0.3) is 11.1 Å². The molecule has 1 saturated carbocycles. The summed E-state index contributed by atoms with van der Waals surface area (Å²) in [6.07, 6.45) is 0.863. The molecule has 0 spiro atoms. The molecule has 3 aromatic rings. The standard InChI is InChI=1S/C30H29F2N5O4S/c1-15(23-9-17(13-42-23)26(33)34)36-28(41)22-10-29(14-38)11-24(29)37(22)25(39)12-35-27(40)16-6-7-21-19(8-16)18-4-2-3-5-20(18)30(21,31)32/h2-9,13,15,22,24,38H,10-12,14H2,1H3,(H3,33,34)(H,35,40)(H,36,41)/t15-,22+,24+,29-/m1/s1. The lowest BCUT2D eigenvalue weighted by molar-refractivity contribution is -0.139. The van der Waals surface area contributed by atoms with Gasteiger partial charge >= 0.3 is 0 Å². The first-order valence-corrected chi connectivity index (χ1v) is 14.4. The van der Waals surface area contributed by atoms with Crippen molar-refractivity contribution in [1.82, 2.24) is 15.5 Å². The quantitative estimate of drug-likeness (QED) is 0.201. The summed E-state index contributed by atoms with van der Waals surface area (Å²) in [6, 6.07) is 10.3. The van der Waals surface area contributed by atoms with Gasteiger partial charge in [0.1, 0.15) is 11.9 Å². The number of rotatable bonds is 8. The number of hydrogen-bond donors (Lipinski definition) is 5. The van der Waals surface area contributed by atoms with E-state index in [0.29, 0.717) is 24.0 Å². The first kappa shape index (κ1) is 28.0. The van der Waals surface area contributed by atoms with Crippen LogP contribution in [-0.4, -0.2) is 58.8 Å². The van der Waals surface area contributed by atoms with Gasteiger partial charge in [-0.15, -0.1) is 11.3 Å². The van der Waals surface area contributed by atoms with Crippen LogP contribution in [0.1, 0.15) is 57.7 Å². The predicted octanol–water partition coefficient (Wildman–Crippen LogP) is 3.11. The molecule has 1 saturated heterocycles. The lowest BCUT2D eigenvalue weighted by Gasteiger charge is -2.28. The molecule has 4 atom stereocenters. The van der Waals surface area contributed by atoms with Crippen LogP contribution in [0.15, 0.2) is 53.9 Å². The summed E-state index contributed by atoms with van der Waals surface area (Å²) < 4.78 is 29.8. The molecule has 0 radical (unpaired) electrons. The first-order chi connectivity index (χ1) is 20.0. The fraction of sp³-hybridized carbons (Fsp3) is 0.333. The molecule has 2 aliphatic carbocycles. The molecule has 0 unspecified atom stereocenters. The second-order valence-corrected chi connectivity index (χ2v) is 12.1. The van der Waals surface area contributed by atoms with Crippen molar-refractivity contribution in [3.63, 3.8) is 0 Å². The van der Waals surface area contributed by atoms with E-state index in [1.54, 1.807) is 36.6 Å². The number of hydrogen-bond acceptors (Lipinski definition) is 6. The van der Waals surface area contributed by atoms with Crippen molar-refractivity contribution in [3.8, 4) is 11.1 Å². The second kappa shape index (κ2) is 9.99. The minimum absolute atomic E-state index is 0.0711. The van der Waals surface area contributed by atoms with Crippen LogP contribution in [0.3, 0.4) is 0 Å². The number of piperidine rings is 1. The Bertz CT molecular complexity index is 1640. The van der Waals surface area contributed by atoms with Crippen LogP contribution in [-0.2, 0) is 15.5 Å². The highest BCUT2D eigenvalue weighted by Crippen LogP contribution is 2.59. The van der Waals surface area contributed by atoms with Gasteiger partial charge in [0.05, 0.1) is 19.2 Å². The number of aliphatic hydroxyl groups is 1. The van der Waals surface area contributed by atoms with Gasteiger partial charge in [0.15, 0.2) is 0 Å². The van der Waals surface area contributed by atoms with Crippen LogP contribution in [0.4, 0.5) is 8.78 Å². The van der Waals surface area contributed by atoms with Crippen LogP contribution in [0.5, 0.6) is 0 Å². The summed E-state index contributed by atoms with van der Waals surface area (Å²) in [5, 5.41) is 24.8. The van der Waals surface area contributed by atoms with Gasteiger partial charge in [-0.2, -0.15) is 8.78 Å². The van der Waals surface area contributed by atoms with E-state index in [9.17, 15) is 28.3 Å². The number of benzene rings is 2. The van der Waals surface area contributed by atoms with Crippen molar-refractivity contribution in [3.05, 3.63) is 81.0 Å². The van der Waals surface area contributed by atoms with Crippen molar-refractivity contribution in [2.45, 2.75) is 43.8 Å². The fourth-order valence-corrected chi connectivity index (χ4v) is 7.13. The van der Waals surface area contributed by atoms with Crippen LogP contribution in [0.2, 0.25) is 0 Å². The van der Waals surface area contributed by atoms with Gasteiger partial charge in [0, 0.05) is 44.0 Å². The Morgan fingerprint density at radius 1 is 1.12 bits per heavy atom. The third-order valence-corrected chi connectivity index (χ3v) is 9.73. The first-order valence-electron chi connectivity index (χ1n) is 13.5. The second-order valence-electron chi connectivity index (χ2n) is 11.2. The van der Waals surface area contributed by atoms with E-state index in [0.717, 1.165) is 4.88 Å². The fourth-order valence-electron chi connectivity index (χ4n) is 6.21. The molecule has 1 aromatic heterocycles. The van der Waals surface area contributed by atoms with Gasteiger partial charge in [-0.3, -0.25) is 19.8 Å². The number of likely N-dealkylation sites (tertiary alicyclic amines) is 1. The maximum atomic E-state index is 14.9. The van der Waals surface area contributed by atoms with Crippen molar-refractivity contribution >= 4 is 34.9 Å². The number of halogens is 2. The SMILES string of the molecule is C[C@@H](NC(=O)[C@@H]1C[C@]2(CO)C[C@@H]2N1C(=O)CNC(=O)c1ccc2c(c1)-c1ccccc1C2(F)F)c1cc(C(=N)N)cs1. The molecule has 2 heterocycles. The Labute approximate surface area is 244 Å². The molecule has 42 heavy (non-hydrogen) atoms. The zero-order chi connectivity index (χ0) is 30.0. The number of carbonyl (C=O) groups excluding carboxylic acids is 3. The Hall–Kier alpha value is -4.16.